The summed E-state index contributed by atoms with van der Waals surface area (Å²) in [5, 5.41) is 45.5. The molecule has 0 saturated heterocycles. The van der Waals surface area contributed by atoms with Crippen molar-refractivity contribution >= 4 is 46.8 Å². The van der Waals surface area contributed by atoms with Gasteiger partial charge in [0.25, 0.3) is 5.54 Å². The molecule has 0 aliphatic heterocycles. The molecule has 0 saturated carbocycles. The molecule has 0 bridgehead atoms. The fourth-order valence-electron chi connectivity index (χ4n) is 2.36. The fraction of sp³-hybridized carbons (Fsp3) is 0.111. The third-order valence-corrected chi connectivity index (χ3v) is 5.12. The summed E-state index contributed by atoms with van der Waals surface area (Å²) in [4.78, 5) is 24.0. The van der Waals surface area contributed by atoms with Crippen LogP contribution in [0.5, 0.6) is 0 Å². The Balaban J connectivity index is 2.43. The number of nitriles is 2. The lowest BCUT2D eigenvalue weighted by Gasteiger charge is -2.29. The summed E-state index contributed by atoms with van der Waals surface area (Å²) in [6.45, 7) is -0.726. The summed E-state index contributed by atoms with van der Waals surface area (Å²) in [7, 11) is 0. The number of thiocyanates is 2. The predicted octanol–water partition coefficient (Wildman–Crippen LogP) is 3.54. The van der Waals surface area contributed by atoms with E-state index in [2.05, 4.69) is 10.6 Å². The van der Waals surface area contributed by atoms with Crippen LogP contribution in [0.25, 0.3) is 0 Å². The maximum atomic E-state index is 13.5. The van der Waals surface area contributed by atoms with E-state index < -0.39 is 35.7 Å². The van der Waals surface area contributed by atoms with Crippen molar-refractivity contribution in [1.82, 2.24) is 0 Å². The Bertz CT molecular complexity index is 1060. The predicted molar refractivity (Wildman–Crippen MR) is 106 cm³/mol. The number of carboxylic acid groups (broad SMARTS) is 2. The average Bonchev–Trinajstić information content (AvgIpc) is 2.68. The summed E-state index contributed by atoms with van der Waals surface area (Å²) in [5.41, 5.74) is -2.58. The van der Waals surface area contributed by atoms with Crippen molar-refractivity contribution in [2.45, 2.75) is 15.3 Å². The Hall–Kier alpha value is -3.48. The minimum atomic E-state index is -2.63. The van der Waals surface area contributed by atoms with Gasteiger partial charge in [-0.3, -0.25) is 0 Å². The highest BCUT2D eigenvalue weighted by molar-refractivity contribution is 8.04. The van der Waals surface area contributed by atoms with E-state index in [-0.39, 0.29) is 21.2 Å². The van der Waals surface area contributed by atoms with E-state index >= 15 is 0 Å². The van der Waals surface area contributed by atoms with E-state index in [1.807, 2.05) is 0 Å². The van der Waals surface area contributed by atoms with Gasteiger partial charge in [-0.15, -0.1) is 0 Å². The monoisotopic (exact) mass is 450 g/mol. The summed E-state index contributed by atoms with van der Waals surface area (Å²) < 4.78 is 26.9. The van der Waals surface area contributed by atoms with Crippen LogP contribution in [0, 0.1) is 33.0 Å². The third-order valence-electron chi connectivity index (χ3n) is 3.82. The first kappa shape index (κ1) is 22.8. The highest BCUT2D eigenvalue weighted by atomic mass is 32.2. The average molecular weight is 450 g/mol. The molecule has 0 aliphatic rings. The third kappa shape index (κ3) is 5.11. The number of thioether (sulfide) groups is 2. The molecule has 0 aromatic heterocycles. The van der Waals surface area contributed by atoms with E-state index in [0.717, 1.165) is 30.3 Å². The quantitative estimate of drug-likeness (QED) is 0.254. The molecule has 30 heavy (non-hydrogen) atoms. The van der Waals surface area contributed by atoms with Crippen molar-refractivity contribution in [3.8, 4) is 10.8 Å². The second-order valence-corrected chi connectivity index (χ2v) is 7.31. The number of hydrogen-bond donors (Lipinski definition) is 4. The summed E-state index contributed by atoms with van der Waals surface area (Å²) in [6, 6.07) is 6.38. The lowest BCUT2D eigenvalue weighted by atomic mass is 9.98. The normalized spacial score (nSPS) is 10.5. The number of nitrogens with one attached hydrogen (secondary N) is 2. The zero-order chi connectivity index (χ0) is 22.3. The molecule has 154 valence electrons. The zero-order valence-electron chi connectivity index (χ0n) is 14.8. The highest BCUT2D eigenvalue weighted by Gasteiger charge is 2.47. The first-order chi connectivity index (χ1) is 14.2. The number of benzene rings is 2. The van der Waals surface area contributed by atoms with Crippen LogP contribution in [0.3, 0.4) is 0 Å². The number of aliphatic carboxylic acids is 2. The van der Waals surface area contributed by atoms with Crippen LogP contribution in [-0.2, 0) is 9.59 Å². The molecule has 0 amide bonds. The van der Waals surface area contributed by atoms with Gasteiger partial charge in [-0.05, 0) is 59.9 Å². The molecular weight excluding hydrogens is 438 g/mol. The van der Waals surface area contributed by atoms with Crippen LogP contribution in [-0.4, -0.2) is 34.2 Å². The molecule has 2 aromatic carbocycles. The van der Waals surface area contributed by atoms with Crippen molar-refractivity contribution in [3.05, 3.63) is 48.0 Å². The minimum absolute atomic E-state index is 0.00752. The molecule has 0 fully saturated rings. The maximum absolute atomic E-state index is 13.5. The Morgan fingerprint density at radius 3 is 1.87 bits per heavy atom. The fourth-order valence-corrected chi connectivity index (χ4v) is 3.38. The molecule has 0 spiro atoms. The molecule has 0 heterocycles. The molecule has 0 atom stereocenters. The summed E-state index contributed by atoms with van der Waals surface area (Å²) >= 11 is 1.13. The standard InChI is InChI=1S/C18H12F2N4O4S2/c19-10-1-3-12(14(5-10)29-8-21)23-7-18(16(25)26,17(27)28)24-13-4-2-11(20)6-15(13)30-9-22/h1-6,23-24H,7H2,(H,25,26)(H,27,28). The van der Waals surface area contributed by atoms with Crippen LogP contribution in [0.1, 0.15) is 0 Å². The second-order valence-electron chi connectivity index (χ2n) is 5.66. The van der Waals surface area contributed by atoms with Gasteiger partial charge in [0.15, 0.2) is 0 Å². The van der Waals surface area contributed by atoms with Crippen molar-refractivity contribution in [1.29, 1.82) is 10.5 Å². The molecule has 0 radical (unpaired) electrons. The van der Waals surface area contributed by atoms with Gasteiger partial charge in [0.05, 0.1) is 12.2 Å². The van der Waals surface area contributed by atoms with Crippen LogP contribution in [0.2, 0.25) is 0 Å². The van der Waals surface area contributed by atoms with Crippen molar-refractivity contribution < 1.29 is 28.6 Å². The Morgan fingerprint density at radius 2 is 1.40 bits per heavy atom. The Labute approximate surface area is 177 Å². The van der Waals surface area contributed by atoms with Gasteiger partial charge in [0.2, 0.25) is 0 Å². The zero-order valence-corrected chi connectivity index (χ0v) is 16.5. The number of rotatable bonds is 9. The summed E-state index contributed by atoms with van der Waals surface area (Å²) in [6.07, 6.45) is 0. The topological polar surface area (TPSA) is 146 Å². The number of halogens is 2. The number of carbonyl (C=O) groups is 2. The van der Waals surface area contributed by atoms with Gasteiger partial charge in [-0.25, -0.2) is 18.4 Å². The van der Waals surface area contributed by atoms with Crippen LogP contribution >= 0.6 is 23.5 Å². The molecule has 2 rings (SSSR count). The van der Waals surface area contributed by atoms with Crippen LogP contribution < -0.4 is 10.6 Å². The first-order valence-corrected chi connectivity index (χ1v) is 9.56. The SMILES string of the molecule is N#CSc1cc(F)ccc1NCC(Nc1ccc(F)cc1SC#N)(C(=O)O)C(=O)O. The molecule has 2 aromatic rings. The van der Waals surface area contributed by atoms with E-state index in [9.17, 15) is 28.6 Å². The molecule has 0 aliphatic carbocycles. The lowest BCUT2D eigenvalue weighted by Crippen LogP contribution is -2.58. The van der Waals surface area contributed by atoms with E-state index in [4.69, 9.17) is 10.5 Å². The largest absolute Gasteiger partial charge is 0.479 e. The number of carboxylic acids is 2. The molecule has 12 heteroatoms. The molecule has 0 unspecified atom stereocenters. The maximum Gasteiger partial charge on any atom is 0.343 e. The first-order valence-electron chi connectivity index (χ1n) is 7.93. The van der Waals surface area contributed by atoms with Crippen molar-refractivity contribution in [3.63, 3.8) is 0 Å². The smallest absolute Gasteiger partial charge is 0.343 e. The van der Waals surface area contributed by atoms with Crippen molar-refractivity contribution in [2.24, 2.45) is 0 Å². The van der Waals surface area contributed by atoms with Gasteiger partial charge in [-0.1, -0.05) is 0 Å². The number of hydrogen-bond acceptors (Lipinski definition) is 8. The second kappa shape index (κ2) is 9.82. The van der Waals surface area contributed by atoms with E-state index in [1.165, 1.54) is 6.07 Å². The molecule has 8 nitrogen and oxygen atoms in total. The van der Waals surface area contributed by atoms with E-state index in [0.29, 0.717) is 23.5 Å². The Kier molecular flexibility index (Phi) is 7.47. The van der Waals surface area contributed by atoms with Gasteiger partial charge in [0, 0.05) is 15.5 Å². The van der Waals surface area contributed by atoms with Gasteiger partial charge in [0.1, 0.15) is 22.4 Å². The number of nitrogens with zero attached hydrogens (tertiary/aromatic N) is 2. The van der Waals surface area contributed by atoms with Gasteiger partial charge < -0.3 is 20.8 Å². The van der Waals surface area contributed by atoms with E-state index in [1.54, 1.807) is 10.8 Å². The highest BCUT2D eigenvalue weighted by Crippen LogP contribution is 2.31. The van der Waals surface area contributed by atoms with Crippen molar-refractivity contribution in [2.75, 3.05) is 17.2 Å². The number of anilines is 2. The minimum Gasteiger partial charge on any atom is -0.479 e. The molecular formula is C18H12F2N4O4S2. The summed E-state index contributed by atoms with van der Waals surface area (Å²) in [5.74, 6) is -4.87. The van der Waals surface area contributed by atoms with Crippen LogP contribution in [0.15, 0.2) is 46.2 Å². The molecule has 4 N–H and O–H groups in total. The lowest BCUT2D eigenvalue weighted by molar-refractivity contribution is -0.154. The van der Waals surface area contributed by atoms with Crippen LogP contribution in [0.4, 0.5) is 20.2 Å². The van der Waals surface area contributed by atoms with Gasteiger partial charge in [-0.2, -0.15) is 10.5 Å². The van der Waals surface area contributed by atoms with Gasteiger partial charge >= 0.3 is 11.9 Å². The Morgan fingerprint density at radius 1 is 0.933 bits per heavy atom.